The lowest BCUT2D eigenvalue weighted by Crippen LogP contribution is -2.42. The van der Waals surface area contributed by atoms with Crippen LogP contribution in [0.3, 0.4) is 0 Å². The quantitative estimate of drug-likeness (QED) is 0.720. The molecule has 1 amide bonds. The van der Waals surface area contributed by atoms with Crippen molar-refractivity contribution in [2.45, 2.75) is 62.3 Å². The molecule has 3 atom stereocenters. The van der Waals surface area contributed by atoms with Crippen LogP contribution in [0.2, 0.25) is 0 Å². The third kappa shape index (κ3) is 5.23. The topological polar surface area (TPSA) is 84.9 Å². The fraction of sp³-hybridized carbons (Fsp3) is 0.696. The molecular weight excluding hydrogens is 416 g/mol. The first-order valence-electron chi connectivity index (χ1n) is 11.5. The fourth-order valence-electron chi connectivity index (χ4n) is 5.43. The smallest absolute Gasteiger partial charge is 0.246 e. The molecule has 172 valence electrons. The van der Waals surface area contributed by atoms with Crippen LogP contribution in [0, 0.1) is 11.8 Å². The molecular formula is C23H34N2O5S. The molecule has 1 aromatic carbocycles. The first-order valence-corrected chi connectivity index (χ1v) is 13.0. The van der Waals surface area contributed by atoms with E-state index in [1.807, 2.05) is 0 Å². The minimum atomic E-state index is -3.71. The minimum Gasteiger partial charge on any atom is -0.495 e. The van der Waals surface area contributed by atoms with Gasteiger partial charge in [0.25, 0.3) is 0 Å². The predicted octanol–water partition coefficient (Wildman–Crippen LogP) is 2.73. The van der Waals surface area contributed by atoms with Crippen LogP contribution in [-0.2, 0) is 26.0 Å². The number of hydrogen-bond acceptors (Lipinski definition) is 5. The van der Waals surface area contributed by atoms with Crippen LogP contribution in [0.4, 0.5) is 0 Å². The van der Waals surface area contributed by atoms with Gasteiger partial charge < -0.3 is 14.8 Å². The van der Waals surface area contributed by atoms with E-state index in [1.165, 1.54) is 43.5 Å². The van der Waals surface area contributed by atoms with E-state index in [2.05, 4.69) is 5.32 Å². The Morgan fingerprint density at radius 2 is 1.87 bits per heavy atom. The number of hydrogen-bond donors (Lipinski definition) is 1. The average molecular weight is 451 g/mol. The van der Waals surface area contributed by atoms with Crippen molar-refractivity contribution < 1.29 is 22.7 Å². The van der Waals surface area contributed by atoms with Gasteiger partial charge in [-0.05, 0) is 48.8 Å². The number of carbonyl (C=O) groups excluding carboxylic acids is 1. The molecule has 1 aliphatic heterocycles. The number of carbonyl (C=O) groups is 1. The van der Waals surface area contributed by atoms with Gasteiger partial charge in [-0.2, -0.15) is 4.31 Å². The summed E-state index contributed by atoms with van der Waals surface area (Å²) in [5, 5.41) is 3.20. The normalized spacial score (nSPS) is 27.3. The van der Waals surface area contributed by atoms with Crippen molar-refractivity contribution in [1.82, 2.24) is 9.62 Å². The number of rotatable bonds is 6. The van der Waals surface area contributed by atoms with Crippen molar-refractivity contribution in [1.29, 1.82) is 0 Å². The molecule has 1 heterocycles. The number of methoxy groups -OCH3 is 1. The minimum absolute atomic E-state index is 0.0425. The predicted molar refractivity (Wildman–Crippen MR) is 118 cm³/mol. The van der Waals surface area contributed by atoms with Gasteiger partial charge in [-0.1, -0.05) is 31.7 Å². The molecule has 2 saturated carbocycles. The summed E-state index contributed by atoms with van der Waals surface area (Å²) in [4.78, 5) is 12.9. The molecule has 0 radical (unpaired) electrons. The molecule has 4 rings (SSSR count). The largest absolute Gasteiger partial charge is 0.495 e. The van der Waals surface area contributed by atoms with Crippen molar-refractivity contribution in [2.24, 2.45) is 11.8 Å². The summed E-state index contributed by atoms with van der Waals surface area (Å²) >= 11 is 0. The summed E-state index contributed by atoms with van der Waals surface area (Å²) in [6.45, 7) is 1.40. The van der Waals surface area contributed by atoms with Gasteiger partial charge >= 0.3 is 0 Å². The van der Waals surface area contributed by atoms with Gasteiger partial charge in [0, 0.05) is 19.1 Å². The standard InChI is InChI=1S/C23H34N2O5S/c1-29-21-9-6-17(14-22(21)31(27,28)25-10-12-30-13-11-25)15-23(26)24-20-8-7-18-4-2-3-5-19(18)16-20/h6,9,14,18-20H,2-5,7-8,10-13,15-16H2,1H3,(H,24,26)/t18-,19+,20+/m0/s1. The first kappa shape index (κ1) is 22.6. The van der Waals surface area contributed by atoms with Gasteiger partial charge in [-0.25, -0.2) is 8.42 Å². The molecule has 0 aromatic heterocycles. The summed E-state index contributed by atoms with van der Waals surface area (Å²) < 4.78 is 38.3. The molecule has 8 heteroatoms. The van der Waals surface area contributed by atoms with Crippen molar-refractivity contribution in [3.05, 3.63) is 23.8 Å². The Balaban J connectivity index is 1.42. The summed E-state index contributed by atoms with van der Waals surface area (Å²) in [6.07, 6.45) is 8.80. The Morgan fingerprint density at radius 3 is 2.61 bits per heavy atom. The molecule has 0 spiro atoms. The monoisotopic (exact) mass is 450 g/mol. The summed E-state index contributed by atoms with van der Waals surface area (Å²) in [7, 11) is -2.25. The van der Waals surface area contributed by atoms with E-state index in [-0.39, 0.29) is 23.3 Å². The van der Waals surface area contributed by atoms with Crippen molar-refractivity contribution in [3.63, 3.8) is 0 Å². The number of morpholine rings is 1. The third-order valence-corrected chi connectivity index (χ3v) is 9.01. The molecule has 7 nitrogen and oxygen atoms in total. The lowest BCUT2D eigenvalue weighted by Gasteiger charge is -2.39. The average Bonchev–Trinajstić information content (AvgIpc) is 2.79. The van der Waals surface area contributed by atoms with Gasteiger partial charge in [-0.15, -0.1) is 0 Å². The molecule has 0 unspecified atom stereocenters. The molecule has 1 aromatic rings. The zero-order chi connectivity index (χ0) is 21.8. The van der Waals surface area contributed by atoms with Crippen LogP contribution < -0.4 is 10.1 Å². The Bertz CT molecular complexity index is 882. The van der Waals surface area contributed by atoms with Crippen molar-refractivity contribution in [3.8, 4) is 5.75 Å². The Morgan fingerprint density at radius 1 is 1.13 bits per heavy atom. The number of fused-ring (bicyclic) bond motifs is 1. The zero-order valence-electron chi connectivity index (χ0n) is 18.3. The van der Waals surface area contributed by atoms with E-state index >= 15 is 0 Å². The van der Waals surface area contributed by atoms with E-state index in [4.69, 9.17) is 9.47 Å². The second-order valence-electron chi connectivity index (χ2n) is 9.06. The summed E-state index contributed by atoms with van der Waals surface area (Å²) in [5.74, 6) is 1.85. The maximum Gasteiger partial charge on any atom is 0.246 e. The van der Waals surface area contributed by atoms with Crippen LogP contribution in [0.5, 0.6) is 5.75 Å². The number of nitrogens with one attached hydrogen (secondary N) is 1. The number of benzene rings is 1. The number of amides is 1. The maximum absolute atomic E-state index is 13.1. The Labute approximate surface area is 185 Å². The molecule has 3 fully saturated rings. The summed E-state index contributed by atoms with van der Waals surface area (Å²) in [6, 6.07) is 5.24. The highest BCUT2D eigenvalue weighted by atomic mass is 32.2. The highest BCUT2D eigenvalue weighted by Gasteiger charge is 2.33. The van der Waals surface area contributed by atoms with Gasteiger partial charge in [-0.3, -0.25) is 4.79 Å². The third-order valence-electron chi connectivity index (χ3n) is 7.09. The lowest BCUT2D eigenvalue weighted by atomic mass is 9.69. The first-order chi connectivity index (χ1) is 15.0. The maximum atomic E-state index is 13.1. The zero-order valence-corrected chi connectivity index (χ0v) is 19.2. The van der Waals surface area contributed by atoms with E-state index in [9.17, 15) is 13.2 Å². The van der Waals surface area contributed by atoms with E-state index < -0.39 is 10.0 Å². The molecule has 3 aliphatic rings. The van der Waals surface area contributed by atoms with Crippen LogP contribution in [0.15, 0.2) is 23.1 Å². The molecule has 0 bridgehead atoms. The van der Waals surface area contributed by atoms with Gasteiger partial charge in [0.1, 0.15) is 10.6 Å². The van der Waals surface area contributed by atoms with E-state index in [1.54, 1.807) is 18.2 Å². The SMILES string of the molecule is COc1ccc(CC(=O)N[C@@H]2CC[C@@H]3CCCC[C@@H]3C2)cc1S(=O)(=O)N1CCOCC1. The summed E-state index contributed by atoms with van der Waals surface area (Å²) in [5.41, 5.74) is 0.677. The Hall–Kier alpha value is -1.64. The second-order valence-corrected chi connectivity index (χ2v) is 11.0. The fourth-order valence-corrected chi connectivity index (χ4v) is 7.04. The highest BCUT2D eigenvalue weighted by Crippen LogP contribution is 2.40. The number of ether oxygens (including phenoxy) is 2. The van der Waals surface area contributed by atoms with Crippen LogP contribution in [0.1, 0.15) is 50.5 Å². The molecule has 1 N–H and O–H groups in total. The number of nitrogens with zero attached hydrogens (tertiary/aromatic N) is 1. The van der Waals surface area contributed by atoms with Crippen molar-refractivity contribution in [2.75, 3.05) is 33.4 Å². The van der Waals surface area contributed by atoms with Gasteiger partial charge in [0.2, 0.25) is 15.9 Å². The van der Waals surface area contributed by atoms with Gasteiger partial charge in [0.05, 0.1) is 26.7 Å². The van der Waals surface area contributed by atoms with E-state index in [0.717, 1.165) is 24.7 Å². The lowest BCUT2D eigenvalue weighted by molar-refractivity contribution is -0.121. The van der Waals surface area contributed by atoms with E-state index in [0.29, 0.717) is 37.6 Å². The second kappa shape index (κ2) is 9.88. The highest BCUT2D eigenvalue weighted by molar-refractivity contribution is 7.89. The molecule has 2 aliphatic carbocycles. The van der Waals surface area contributed by atoms with Crippen LogP contribution in [-0.4, -0.2) is 58.1 Å². The van der Waals surface area contributed by atoms with Gasteiger partial charge in [0.15, 0.2) is 0 Å². The molecule has 1 saturated heterocycles. The molecule has 31 heavy (non-hydrogen) atoms. The van der Waals surface area contributed by atoms with Crippen molar-refractivity contribution >= 4 is 15.9 Å². The number of sulfonamides is 1. The van der Waals surface area contributed by atoms with Crippen LogP contribution >= 0.6 is 0 Å². The van der Waals surface area contributed by atoms with Crippen LogP contribution in [0.25, 0.3) is 0 Å². The Kier molecular flexibility index (Phi) is 7.19.